The van der Waals surface area contributed by atoms with Crippen molar-refractivity contribution in [3.8, 4) is 77.9 Å². The van der Waals surface area contributed by atoms with Crippen molar-refractivity contribution in [1.29, 1.82) is 0 Å². The lowest BCUT2D eigenvalue weighted by Gasteiger charge is -2.17. The first kappa shape index (κ1) is 45.8. The average molecular weight is 1020 g/mol. The number of fused-ring (bicyclic) bond motifs is 13. The minimum absolute atomic E-state index is 0.909. The topological polar surface area (TPSA) is 26.3 Å². The molecule has 0 unspecified atom stereocenters. The quantitative estimate of drug-likeness (QED) is 0.166. The Morgan fingerprint density at radius 1 is 0.203 bits per heavy atom. The lowest BCUT2D eigenvalue weighted by Crippen LogP contribution is -2.02. The van der Waals surface area contributed by atoms with E-state index < -0.39 is 0 Å². The summed E-state index contributed by atoms with van der Waals surface area (Å²) in [6.07, 6.45) is 20.5. The van der Waals surface area contributed by atoms with E-state index >= 15 is 0 Å². The van der Waals surface area contributed by atoms with Crippen LogP contribution >= 0.6 is 0 Å². The van der Waals surface area contributed by atoms with E-state index in [-0.39, 0.29) is 0 Å². The lowest BCUT2D eigenvalue weighted by molar-refractivity contribution is 0.669. The Morgan fingerprint density at radius 3 is 0.861 bits per heavy atom. The van der Waals surface area contributed by atoms with Gasteiger partial charge in [-0.2, -0.15) is 0 Å². The second-order valence-electron chi connectivity index (χ2n) is 24.1. The first-order valence-electron chi connectivity index (χ1n) is 29.8. The first-order chi connectivity index (χ1) is 39.0. The Morgan fingerprint density at radius 2 is 0.481 bits per heavy atom. The molecule has 0 atom stereocenters. The van der Waals surface area contributed by atoms with Gasteiger partial charge in [0.05, 0.1) is 0 Å². The zero-order valence-electron chi connectivity index (χ0n) is 45.0. The molecule has 5 aliphatic carbocycles. The lowest BCUT2D eigenvalue weighted by atomic mass is 9.87. The molecule has 10 aromatic carbocycles. The zero-order chi connectivity index (χ0) is 51.7. The minimum atomic E-state index is 0.909. The van der Waals surface area contributed by atoms with Gasteiger partial charge in [0.1, 0.15) is 22.3 Å². The Balaban J connectivity index is 0.812. The van der Waals surface area contributed by atoms with Gasteiger partial charge in [0.25, 0.3) is 0 Å². The molecular formula is C77H62O2. The molecule has 12 aromatic rings. The van der Waals surface area contributed by atoms with Crippen LogP contribution in [0.1, 0.15) is 107 Å². The van der Waals surface area contributed by atoms with Crippen molar-refractivity contribution in [2.45, 2.75) is 109 Å². The van der Waals surface area contributed by atoms with Crippen molar-refractivity contribution in [1.82, 2.24) is 0 Å². The molecule has 79 heavy (non-hydrogen) atoms. The van der Waals surface area contributed by atoms with Gasteiger partial charge in [0.2, 0.25) is 0 Å². The maximum absolute atomic E-state index is 7.05. The fourth-order valence-electron chi connectivity index (χ4n) is 15.0. The molecule has 0 fully saturated rings. The van der Waals surface area contributed by atoms with Crippen LogP contribution in [0.25, 0.3) is 122 Å². The molecule has 0 aliphatic heterocycles. The molecule has 0 spiro atoms. The monoisotopic (exact) mass is 1020 g/mol. The van der Waals surface area contributed by atoms with Crippen molar-refractivity contribution in [2.75, 3.05) is 0 Å². The Kier molecular flexibility index (Phi) is 10.5. The molecule has 382 valence electrons. The molecule has 0 saturated carbocycles. The number of benzene rings is 10. The normalized spacial score (nSPS) is 15.5. The van der Waals surface area contributed by atoms with Gasteiger partial charge in [-0.25, -0.2) is 0 Å². The molecule has 17 rings (SSSR count). The largest absolute Gasteiger partial charge is 0.455 e. The highest BCUT2D eigenvalue weighted by Gasteiger charge is 2.25. The molecule has 2 aromatic heterocycles. The molecule has 2 heterocycles. The summed E-state index contributed by atoms with van der Waals surface area (Å²) in [6, 6.07) is 66.6. The number of hydrogen-bond donors (Lipinski definition) is 0. The van der Waals surface area contributed by atoms with Gasteiger partial charge in [0.15, 0.2) is 0 Å². The van der Waals surface area contributed by atoms with Crippen LogP contribution in [0.2, 0.25) is 0 Å². The maximum atomic E-state index is 7.05. The highest BCUT2D eigenvalue weighted by atomic mass is 16.3. The second-order valence-corrected chi connectivity index (χ2v) is 24.1. The van der Waals surface area contributed by atoms with Gasteiger partial charge in [0, 0.05) is 32.7 Å². The van der Waals surface area contributed by atoms with Gasteiger partial charge in [-0.05, 0) is 292 Å². The summed E-state index contributed by atoms with van der Waals surface area (Å²) < 4.78 is 14.1. The highest BCUT2D eigenvalue weighted by molar-refractivity contribution is 6.14. The first-order valence-corrected chi connectivity index (χ1v) is 29.8. The maximum Gasteiger partial charge on any atom is 0.143 e. The molecule has 0 bridgehead atoms. The van der Waals surface area contributed by atoms with E-state index in [0.717, 1.165) is 52.7 Å². The van der Waals surface area contributed by atoms with E-state index in [2.05, 4.69) is 170 Å². The minimum Gasteiger partial charge on any atom is -0.455 e. The van der Waals surface area contributed by atoms with Crippen LogP contribution in [0.4, 0.5) is 0 Å². The summed E-state index contributed by atoms with van der Waals surface area (Å²) in [5, 5.41) is 4.69. The van der Waals surface area contributed by atoms with Crippen LogP contribution in [0, 0.1) is 0 Å². The van der Waals surface area contributed by atoms with Crippen LogP contribution in [0.3, 0.4) is 0 Å². The highest BCUT2D eigenvalue weighted by Crippen LogP contribution is 2.48. The summed E-state index contributed by atoms with van der Waals surface area (Å²) in [6.45, 7) is 0. The molecule has 2 heteroatoms. The van der Waals surface area contributed by atoms with Gasteiger partial charge in [-0.3, -0.25) is 0 Å². The fraction of sp³-hybridized carbons (Fsp3) is 0.221. The van der Waals surface area contributed by atoms with E-state index in [1.807, 2.05) is 0 Å². The third-order valence-corrected chi connectivity index (χ3v) is 19.4. The van der Waals surface area contributed by atoms with E-state index in [1.54, 1.807) is 0 Å². The van der Waals surface area contributed by atoms with E-state index in [9.17, 15) is 0 Å². The molecule has 0 amide bonds. The molecule has 2 nitrogen and oxygen atoms in total. The molecule has 0 radical (unpaired) electrons. The summed E-state index contributed by atoms with van der Waals surface area (Å²) in [7, 11) is 0. The molecule has 0 N–H and O–H groups in total. The second kappa shape index (κ2) is 18.2. The van der Waals surface area contributed by atoms with Gasteiger partial charge < -0.3 is 8.83 Å². The SMILES string of the molecule is c1cc2c(cc1-c1ccc3oc4c(-c5ccc6c(c5)-c5cc(-c7cc(-c8ccc9c(c8)CCCC9)cc8c7oc7ccc(-c9ccc%10c(c9)CCCC%10)cc78)ccc5C6)cc(-c5ccc6c(c5)CCCC6)cc4c3c1)CCCC2. The Hall–Kier alpha value is -8.20. The predicted octanol–water partition coefficient (Wildman–Crippen LogP) is 20.6. The van der Waals surface area contributed by atoms with Crippen LogP contribution in [-0.2, 0) is 57.8 Å². The van der Waals surface area contributed by atoms with E-state index in [1.165, 1.54) is 234 Å². The van der Waals surface area contributed by atoms with Crippen LogP contribution in [0.5, 0.6) is 0 Å². The van der Waals surface area contributed by atoms with Crippen molar-refractivity contribution in [3.05, 3.63) is 225 Å². The van der Waals surface area contributed by atoms with Crippen molar-refractivity contribution in [2.24, 2.45) is 0 Å². The van der Waals surface area contributed by atoms with Crippen LogP contribution < -0.4 is 0 Å². The summed E-state index contributed by atoms with van der Waals surface area (Å²) in [4.78, 5) is 0. The third kappa shape index (κ3) is 7.73. The summed E-state index contributed by atoms with van der Waals surface area (Å²) >= 11 is 0. The van der Waals surface area contributed by atoms with Gasteiger partial charge >= 0.3 is 0 Å². The van der Waals surface area contributed by atoms with Crippen molar-refractivity contribution >= 4 is 43.9 Å². The van der Waals surface area contributed by atoms with Crippen molar-refractivity contribution in [3.63, 3.8) is 0 Å². The number of rotatable bonds is 6. The predicted molar refractivity (Wildman–Crippen MR) is 328 cm³/mol. The number of hydrogen-bond acceptors (Lipinski definition) is 2. The number of furan rings is 2. The summed E-state index contributed by atoms with van der Waals surface area (Å²) in [5.74, 6) is 0. The molecule has 0 saturated heterocycles. The van der Waals surface area contributed by atoms with Gasteiger partial charge in [-0.1, -0.05) is 109 Å². The third-order valence-electron chi connectivity index (χ3n) is 19.4. The van der Waals surface area contributed by atoms with Crippen LogP contribution in [0.15, 0.2) is 179 Å². The average Bonchev–Trinajstić information content (AvgIpc) is 4.30. The molecule has 5 aliphatic rings. The Bertz CT molecular complexity index is 4240. The Labute approximate surface area is 462 Å². The van der Waals surface area contributed by atoms with E-state index in [0.29, 0.717) is 0 Å². The fourth-order valence-corrected chi connectivity index (χ4v) is 15.0. The van der Waals surface area contributed by atoms with E-state index in [4.69, 9.17) is 8.83 Å². The smallest absolute Gasteiger partial charge is 0.143 e. The van der Waals surface area contributed by atoms with Crippen LogP contribution in [-0.4, -0.2) is 0 Å². The zero-order valence-corrected chi connectivity index (χ0v) is 45.0. The van der Waals surface area contributed by atoms with Gasteiger partial charge in [-0.15, -0.1) is 0 Å². The molecular weight excluding hydrogens is 957 g/mol. The van der Waals surface area contributed by atoms with Crippen molar-refractivity contribution < 1.29 is 8.83 Å². The summed E-state index contributed by atoms with van der Waals surface area (Å²) in [5.41, 5.74) is 36.0. The number of aryl methyl sites for hydroxylation is 8. The standard InChI is InChI=1S/C77H62O2/c1-5-13-50-33-54(21-17-46(50)9-1)58-29-31-74-70(38-58)72-44-64(56-23-19-48-11-3-7-15-52(48)35-56)42-68(76(72)78-74)62-27-25-60-37-61-26-28-63(41-67(61)66(60)40-62)69-43-65(57-24-20-49-12-4-8-16-53(49)36-57)45-73-71-39-59(30-32-75(71)79-77(69)73)55-22-18-47-10-2-6-14-51(47)34-55/h17-36,38-45H,1-16,37H2.